The zero-order valence-electron chi connectivity index (χ0n) is 29.0. The highest BCUT2D eigenvalue weighted by Crippen LogP contribution is 2.70. The lowest BCUT2D eigenvalue weighted by Gasteiger charge is -2.64. The first kappa shape index (κ1) is 29.7. The number of rotatable bonds is 0. The van der Waals surface area contributed by atoms with Crippen molar-refractivity contribution in [3.63, 3.8) is 0 Å². The number of carbonyl (C=O) groups excluding carboxylic acids is 2. The Morgan fingerprint density at radius 1 is 0.756 bits per heavy atom. The van der Waals surface area contributed by atoms with Gasteiger partial charge in [-0.15, -0.1) is 0 Å². The van der Waals surface area contributed by atoms with E-state index in [2.05, 4.69) is 47.8 Å². The number of ether oxygens (including phenoxy) is 2. The fourth-order valence-electron chi connectivity index (χ4n) is 15.1. The van der Waals surface area contributed by atoms with Crippen LogP contribution in [0, 0.1) is 62.6 Å². The van der Waals surface area contributed by atoms with Crippen molar-refractivity contribution in [3.8, 4) is 0 Å². The van der Waals surface area contributed by atoms with Gasteiger partial charge in [-0.25, -0.2) is 0 Å². The van der Waals surface area contributed by atoms with Gasteiger partial charge in [0.05, 0.1) is 23.9 Å². The van der Waals surface area contributed by atoms with E-state index < -0.39 is 5.41 Å². The van der Waals surface area contributed by atoms with Crippen LogP contribution in [-0.2, 0) is 19.1 Å². The Balaban J connectivity index is 1.15. The molecule has 0 radical (unpaired) electrons. The van der Waals surface area contributed by atoms with Crippen molar-refractivity contribution in [3.05, 3.63) is 23.0 Å². The van der Waals surface area contributed by atoms with E-state index in [4.69, 9.17) is 9.47 Å². The van der Waals surface area contributed by atoms with E-state index in [1.165, 1.54) is 56.1 Å². The molecular formula is C41H58O4. The molecule has 0 aromatic heterocycles. The maximum Gasteiger partial charge on any atom is 0.159 e. The molecule has 0 N–H and O–H groups in total. The Labute approximate surface area is 271 Å². The summed E-state index contributed by atoms with van der Waals surface area (Å²) in [7, 11) is 0. The SMILES string of the molecule is CC1(C)CCC[C@@]2(C)[C@@H]1CC[C@H]1C3=CO[C@@H]4C[C@H]5CC6=C([C@@H]7C[C@H]8C(C)(C)CCC[C@]8(C)C[C@H]7CC6=O)[C@H](O5)[C@]3(C4)C(=O)C[C@@H]12. The molecule has 12 atom stereocenters. The molecular weight excluding hydrogens is 556 g/mol. The number of carbonyl (C=O) groups is 2. The van der Waals surface area contributed by atoms with Crippen molar-refractivity contribution in [1.82, 2.24) is 0 Å². The predicted octanol–water partition coefficient (Wildman–Crippen LogP) is 9.17. The first-order valence-electron chi connectivity index (χ1n) is 19.1. The first-order chi connectivity index (χ1) is 21.3. The quantitative estimate of drug-likeness (QED) is 0.273. The molecule has 6 aliphatic carbocycles. The molecule has 0 amide bonds. The zero-order chi connectivity index (χ0) is 31.3. The van der Waals surface area contributed by atoms with Gasteiger partial charge in [0.2, 0.25) is 0 Å². The Bertz CT molecular complexity index is 1400. The van der Waals surface area contributed by atoms with Gasteiger partial charge in [-0.05, 0) is 125 Å². The normalized spacial score (nSPS) is 52.4. The maximum absolute atomic E-state index is 15.3. The summed E-state index contributed by atoms with van der Waals surface area (Å²) in [5.74, 6) is 3.64. The Morgan fingerprint density at radius 2 is 1.51 bits per heavy atom. The zero-order valence-corrected chi connectivity index (χ0v) is 29.0. The smallest absolute Gasteiger partial charge is 0.159 e. The standard InChI is InChI=1S/C41H58O4/c1-37(2)12-8-14-40(6)29-19-34(43)41-21-25(44-22-30(41)26(29)9-10-32(37)40)16-24-17-28-31(42)15-23-20-39(5)13-7-11-38(3,4)33(39)18-27(23)35(28)36(41)45-24/h22-27,29,32-33,36H,7-21H2,1-6H3/t23-,24+,25-,26-,27-,29+,32-,33+,36+,39-,40-,41+/m1/s1. The molecule has 246 valence electrons. The lowest BCUT2D eigenvalue weighted by Crippen LogP contribution is -2.62. The molecule has 1 saturated heterocycles. The minimum absolute atomic E-state index is 0.00367. The average molecular weight is 615 g/mol. The second-order valence-electron chi connectivity index (χ2n) is 19.8. The third-order valence-corrected chi connectivity index (χ3v) is 16.8. The summed E-state index contributed by atoms with van der Waals surface area (Å²) in [5.41, 5.74) is 4.15. The third-order valence-electron chi connectivity index (χ3n) is 16.8. The van der Waals surface area contributed by atoms with E-state index >= 15 is 4.79 Å². The van der Waals surface area contributed by atoms with Gasteiger partial charge in [0.1, 0.15) is 11.9 Å². The molecule has 1 spiro atoms. The lowest BCUT2D eigenvalue weighted by molar-refractivity contribution is -0.161. The van der Waals surface area contributed by atoms with Crippen LogP contribution >= 0.6 is 0 Å². The second kappa shape index (κ2) is 9.38. The van der Waals surface area contributed by atoms with Crippen molar-refractivity contribution in [1.29, 1.82) is 0 Å². The van der Waals surface area contributed by atoms with Crippen LogP contribution in [0.15, 0.2) is 23.0 Å². The largest absolute Gasteiger partial charge is 0.498 e. The highest BCUT2D eigenvalue weighted by Gasteiger charge is 2.68. The highest BCUT2D eigenvalue weighted by molar-refractivity contribution is 5.99. The summed E-state index contributed by atoms with van der Waals surface area (Å²) in [6, 6.07) is 0. The van der Waals surface area contributed by atoms with Gasteiger partial charge in [-0.1, -0.05) is 54.4 Å². The minimum Gasteiger partial charge on any atom is -0.498 e. The molecule has 3 aliphatic heterocycles. The number of hydrogen-bond donors (Lipinski definition) is 0. The van der Waals surface area contributed by atoms with Gasteiger partial charge >= 0.3 is 0 Å². The monoisotopic (exact) mass is 614 g/mol. The van der Waals surface area contributed by atoms with Crippen LogP contribution in [0.5, 0.6) is 0 Å². The number of Topliss-reactive ketones (excluding diaryl/α,β-unsaturated/α-hetero) is 2. The van der Waals surface area contributed by atoms with E-state index in [0.717, 1.165) is 44.1 Å². The molecule has 4 bridgehead atoms. The number of fused-ring (bicyclic) bond motifs is 11. The Hall–Kier alpha value is -1.42. The molecule has 0 aromatic carbocycles. The van der Waals surface area contributed by atoms with Gasteiger partial charge in [0.25, 0.3) is 0 Å². The van der Waals surface area contributed by atoms with Crippen LogP contribution < -0.4 is 0 Å². The summed E-state index contributed by atoms with van der Waals surface area (Å²) in [4.78, 5) is 29.5. The second-order valence-corrected chi connectivity index (χ2v) is 19.8. The van der Waals surface area contributed by atoms with Crippen LogP contribution in [0.2, 0.25) is 0 Å². The van der Waals surface area contributed by atoms with Gasteiger partial charge in [0, 0.05) is 32.1 Å². The van der Waals surface area contributed by atoms with Gasteiger partial charge in [-0.3, -0.25) is 9.59 Å². The van der Waals surface area contributed by atoms with Crippen molar-refractivity contribution < 1.29 is 19.1 Å². The van der Waals surface area contributed by atoms with Crippen LogP contribution in [0.25, 0.3) is 0 Å². The van der Waals surface area contributed by atoms with Crippen molar-refractivity contribution in [2.45, 2.75) is 156 Å². The lowest BCUT2D eigenvalue weighted by atomic mass is 9.41. The van der Waals surface area contributed by atoms with E-state index in [1.54, 1.807) is 0 Å². The van der Waals surface area contributed by atoms with Gasteiger partial charge in [0.15, 0.2) is 5.78 Å². The molecule has 4 nitrogen and oxygen atoms in total. The number of ketones is 2. The fraction of sp³-hybridized carbons (Fsp3) is 0.854. The Morgan fingerprint density at radius 3 is 2.31 bits per heavy atom. The summed E-state index contributed by atoms with van der Waals surface area (Å²) < 4.78 is 13.9. The third kappa shape index (κ3) is 3.87. The van der Waals surface area contributed by atoms with E-state index in [1.807, 2.05) is 0 Å². The van der Waals surface area contributed by atoms with Crippen molar-refractivity contribution in [2.75, 3.05) is 0 Å². The average Bonchev–Trinajstić information content (AvgIpc) is 3.05. The molecule has 45 heavy (non-hydrogen) atoms. The molecule has 0 unspecified atom stereocenters. The summed E-state index contributed by atoms with van der Waals surface area (Å²) in [6.45, 7) is 15.1. The predicted molar refractivity (Wildman–Crippen MR) is 175 cm³/mol. The van der Waals surface area contributed by atoms with Crippen molar-refractivity contribution >= 4 is 11.6 Å². The molecule has 9 aliphatic rings. The van der Waals surface area contributed by atoms with Crippen molar-refractivity contribution in [2.24, 2.45) is 62.6 Å². The highest BCUT2D eigenvalue weighted by atomic mass is 16.5. The van der Waals surface area contributed by atoms with E-state index in [-0.39, 0.29) is 23.7 Å². The Kier molecular flexibility index (Phi) is 6.19. The summed E-state index contributed by atoms with van der Waals surface area (Å²) in [6.07, 6.45) is 17.9. The summed E-state index contributed by atoms with van der Waals surface area (Å²) in [5, 5.41) is 0. The summed E-state index contributed by atoms with van der Waals surface area (Å²) >= 11 is 0. The maximum atomic E-state index is 15.3. The van der Waals surface area contributed by atoms with E-state index in [0.29, 0.717) is 76.2 Å². The van der Waals surface area contributed by atoms with Gasteiger partial charge < -0.3 is 9.47 Å². The van der Waals surface area contributed by atoms with Crippen LogP contribution in [0.1, 0.15) is 138 Å². The number of hydrogen-bond acceptors (Lipinski definition) is 4. The minimum atomic E-state index is -0.655. The topological polar surface area (TPSA) is 52.6 Å². The fourth-order valence-corrected chi connectivity index (χ4v) is 15.1. The molecule has 5 saturated carbocycles. The van der Waals surface area contributed by atoms with Crippen LogP contribution in [-0.4, -0.2) is 29.9 Å². The first-order valence-corrected chi connectivity index (χ1v) is 19.1. The van der Waals surface area contributed by atoms with Crippen LogP contribution in [0.4, 0.5) is 0 Å². The van der Waals surface area contributed by atoms with Gasteiger partial charge in [-0.2, -0.15) is 0 Å². The van der Waals surface area contributed by atoms with Crippen LogP contribution in [0.3, 0.4) is 0 Å². The molecule has 4 heteroatoms. The molecule has 9 rings (SSSR count). The van der Waals surface area contributed by atoms with E-state index in [9.17, 15) is 4.79 Å². The molecule has 6 fully saturated rings. The molecule has 3 heterocycles. The molecule has 0 aromatic rings.